The minimum atomic E-state index is -0.620. The Bertz CT molecular complexity index is 1100. The molecule has 34 heavy (non-hydrogen) atoms. The summed E-state index contributed by atoms with van der Waals surface area (Å²) in [6.07, 6.45) is 4.11. The van der Waals surface area contributed by atoms with E-state index >= 15 is 0 Å². The Morgan fingerprint density at radius 1 is 1.12 bits per heavy atom. The molecule has 0 unspecified atom stereocenters. The van der Waals surface area contributed by atoms with Crippen LogP contribution in [0.15, 0.2) is 47.6 Å². The largest absolute Gasteiger partial charge is 0.497 e. The van der Waals surface area contributed by atoms with Gasteiger partial charge in [-0.1, -0.05) is 31.0 Å². The Kier molecular flexibility index (Phi) is 7.14. The van der Waals surface area contributed by atoms with Crippen LogP contribution >= 0.6 is 0 Å². The molecule has 1 heterocycles. The van der Waals surface area contributed by atoms with Gasteiger partial charge in [0.1, 0.15) is 23.9 Å². The van der Waals surface area contributed by atoms with E-state index in [4.69, 9.17) is 9.47 Å². The molecule has 2 aromatic rings. The fraction of sp³-hybridized carbons (Fsp3) is 0.423. The van der Waals surface area contributed by atoms with Gasteiger partial charge in [-0.05, 0) is 31.0 Å². The van der Waals surface area contributed by atoms with Crippen LogP contribution in [-0.4, -0.2) is 55.2 Å². The van der Waals surface area contributed by atoms with Crippen molar-refractivity contribution >= 4 is 17.5 Å². The molecule has 1 saturated carbocycles. The minimum Gasteiger partial charge on any atom is -0.497 e. The molecule has 1 atom stereocenters. The lowest BCUT2D eigenvalue weighted by atomic mass is 9.97. The Morgan fingerprint density at radius 3 is 2.53 bits per heavy atom. The van der Waals surface area contributed by atoms with E-state index in [0.29, 0.717) is 34.8 Å². The van der Waals surface area contributed by atoms with Crippen LogP contribution < -0.4 is 9.47 Å². The van der Waals surface area contributed by atoms with Gasteiger partial charge in [-0.3, -0.25) is 9.59 Å². The lowest BCUT2D eigenvalue weighted by Crippen LogP contribution is -2.41. The fourth-order valence-corrected chi connectivity index (χ4v) is 4.77. The number of hydrazone groups is 1. The highest BCUT2D eigenvalue weighted by molar-refractivity contribution is 6.05. The van der Waals surface area contributed by atoms with Crippen LogP contribution in [0.4, 0.5) is 4.39 Å². The van der Waals surface area contributed by atoms with Gasteiger partial charge >= 0.3 is 0 Å². The van der Waals surface area contributed by atoms with E-state index in [0.717, 1.165) is 25.7 Å². The maximum absolute atomic E-state index is 14.8. The van der Waals surface area contributed by atoms with E-state index in [9.17, 15) is 14.0 Å². The molecule has 4 rings (SSSR count). The van der Waals surface area contributed by atoms with Gasteiger partial charge in [0.15, 0.2) is 0 Å². The van der Waals surface area contributed by atoms with Crippen molar-refractivity contribution < 1.29 is 23.5 Å². The number of ether oxygens (including phenoxy) is 2. The van der Waals surface area contributed by atoms with Crippen molar-refractivity contribution in [1.29, 1.82) is 0 Å². The summed E-state index contributed by atoms with van der Waals surface area (Å²) < 4.78 is 25.6. The predicted molar refractivity (Wildman–Crippen MR) is 126 cm³/mol. The van der Waals surface area contributed by atoms with E-state index in [1.165, 1.54) is 16.0 Å². The quantitative estimate of drug-likeness (QED) is 0.613. The van der Waals surface area contributed by atoms with Crippen LogP contribution in [0, 0.1) is 11.7 Å². The Labute approximate surface area is 199 Å². The average Bonchev–Trinajstić information content (AvgIpc) is 3.54. The third-order valence-corrected chi connectivity index (χ3v) is 6.60. The highest BCUT2D eigenvalue weighted by Gasteiger charge is 2.36. The van der Waals surface area contributed by atoms with Gasteiger partial charge < -0.3 is 14.4 Å². The van der Waals surface area contributed by atoms with Crippen molar-refractivity contribution in [3.05, 3.63) is 59.4 Å². The molecule has 1 fully saturated rings. The molecule has 0 radical (unpaired) electrons. The molecule has 2 aromatic carbocycles. The number of carbonyl (C=O) groups is 2. The summed E-state index contributed by atoms with van der Waals surface area (Å²) in [6, 6.07) is 11.1. The zero-order valence-corrected chi connectivity index (χ0v) is 19.8. The molecule has 0 spiro atoms. The molecular weight excluding hydrogens is 437 g/mol. The predicted octanol–water partition coefficient (Wildman–Crippen LogP) is 4.17. The number of halogens is 1. The summed E-state index contributed by atoms with van der Waals surface area (Å²) in [6.45, 7) is -0.114. The van der Waals surface area contributed by atoms with Crippen molar-refractivity contribution in [3.8, 4) is 11.5 Å². The number of hydrogen-bond donors (Lipinski definition) is 0. The number of amides is 2. The maximum atomic E-state index is 14.8. The summed E-state index contributed by atoms with van der Waals surface area (Å²) >= 11 is 0. The van der Waals surface area contributed by atoms with Crippen molar-refractivity contribution in [2.24, 2.45) is 11.0 Å². The topological polar surface area (TPSA) is 71.4 Å². The first-order valence-electron chi connectivity index (χ1n) is 11.5. The van der Waals surface area contributed by atoms with Gasteiger partial charge in [0.2, 0.25) is 5.91 Å². The number of benzene rings is 2. The number of rotatable bonds is 7. The van der Waals surface area contributed by atoms with Crippen LogP contribution in [0.2, 0.25) is 0 Å². The molecule has 2 amide bonds. The summed E-state index contributed by atoms with van der Waals surface area (Å²) in [4.78, 5) is 27.6. The first-order chi connectivity index (χ1) is 16.4. The highest BCUT2D eigenvalue weighted by atomic mass is 19.1. The molecule has 0 N–H and O–H groups in total. The highest BCUT2D eigenvalue weighted by Crippen LogP contribution is 2.37. The second kappa shape index (κ2) is 10.2. The lowest BCUT2D eigenvalue weighted by molar-refractivity contribution is -0.142. The number of nitrogens with zero attached hydrogens (tertiary/aromatic N) is 3. The van der Waals surface area contributed by atoms with Crippen LogP contribution in [0.5, 0.6) is 11.5 Å². The molecule has 0 bridgehead atoms. The van der Waals surface area contributed by atoms with Crippen molar-refractivity contribution in [3.63, 3.8) is 0 Å². The monoisotopic (exact) mass is 467 g/mol. The van der Waals surface area contributed by atoms with Crippen LogP contribution in [-0.2, 0) is 9.59 Å². The second-order valence-electron chi connectivity index (χ2n) is 8.77. The summed E-state index contributed by atoms with van der Waals surface area (Å²) in [5, 5.41) is 5.92. The average molecular weight is 468 g/mol. The standard InChI is InChI=1S/C26H30FN3O4/c1-29(26(32)17-8-4-5-9-17)16-25(31)30-23(19-10-6-7-11-21(19)27)15-22(28-30)20-13-12-18(33-2)14-24(20)34-3/h6-7,10-14,17,23H,4-5,8-9,15-16H2,1-3H3/t23-/m1/s1. The van der Waals surface area contributed by atoms with Gasteiger partial charge in [0, 0.05) is 36.6 Å². The summed E-state index contributed by atoms with van der Waals surface area (Å²) in [7, 11) is 4.76. The number of likely N-dealkylation sites (N-methyl/N-ethyl adjacent to an activating group) is 1. The van der Waals surface area contributed by atoms with Crippen molar-refractivity contribution in [2.45, 2.75) is 38.1 Å². The zero-order valence-electron chi connectivity index (χ0n) is 19.8. The lowest BCUT2D eigenvalue weighted by Gasteiger charge is -2.26. The third kappa shape index (κ3) is 4.76. The Balaban J connectivity index is 1.63. The van der Waals surface area contributed by atoms with Crippen LogP contribution in [0.1, 0.15) is 49.3 Å². The third-order valence-electron chi connectivity index (χ3n) is 6.60. The summed E-state index contributed by atoms with van der Waals surface area (Å²) in [5.74, 6) is 0.372. The van der Waals surface area contributed by atoms with Crippen LogP contribution in [0.3, 0.4) is 0 Å². The Morgan fingerprint density at radius 2 is 1.85 bits per heavy atom. The smallest absolute Gasteiger partial charge is 0.262 e. The first-order valence-corrected chi connectivity index (χ1v) is 11.5. The molecule has 2 aliphatic rings. The fourth-order valence-electron chi connectivity index (χ4n) is 4.77. The molecular formula is C26H30FN3O4. The first kappa shape index (κ1) is 23.7. The zero-order chi connectivity index (χ0) is 24.2. The number of methoxy groups -OCH3 is 2. The normalized spacial score (nSPS) is 18.1. The van der Waals surface area contributed by atoms with Gasteiger partial charge in [-0.15, -0.1) is 0 Å². The van der Waals surface area contributed by atoms with Gasteiger partial charge in [-0.2, -0.15) is 5.10 Å². The van der Waals surface area contributed by atoms with Crippen LogP contribution in [0.25, 0.3) is 0 Å². The molecule has 7 nitrogen and oxygen atoms in total. The van der Waals surface area contributed by atoms with E-state index in [2.05, 4.69) is 5.10 Å². The molecule has 0 aromatic heterocycles. The molecule has 1 aliphatic heterocycles. The van der Waals surface area contributed by atoms with Crippen molar-refractivity contribution in [1.82, 2.24) is 9.91 Å². The van der Waals surface area contributed by atoms with Gasteiger partial charge in [-0.25, -0.2) is 9.40 Å². The molecule has 180 valence electrons. The number of hydrogen-bond acceptors (Lipinski definition) is 5. The number of carbonyl (C=O) groups excluding carboxylic acids is 2. The SMILES string of the molecule is COc1ccc(C2=NN(C(=O)CN(C)C(=O)C3CCCC3)[C@@H](c3ccccc3F)C2)c(OC)c1. The molecule has 1 aliphatic carbocycles. The summed E-state index contributed by atoms with van der Waals surface area (Å²) in [5.41, 5.74) is 1.69. The van der Waals surface area contributed by atoms with Crippen molar-refractivity contribution in [2.75, 3.05) is 27.8 Å². The minimum absolute atomic E-state index is 0.0199. The van der Waals surface area contributed by atoms with E-state index in [-0.39, 0.29) is 24.3 Å². The van der Waals surface area contributed by atoms with E-state index in [1.807, 2.05) is 6.07 Å². The van der Waals surface area contributed by atoms with Gasteiger partial charge in [0.25, 0.3) is 5.91 Å². The van der Waals surface area contributed by atoms with E-state index < -0.39 is 11.9 Å². The van der Waals surface area contributed by atoms with Gasteiger partial charge in [0.05, 0.1) is 26.0 Å². The second-order valence-corrected chi connectivity index (χ2v) is 8.77. The molecule has 8 heteroatoms. The Hall–Kier alpha value is -3.42. The van der Waals surface area contributed by atoms with E-state index in [1.54, 1.807) is 51.6 Å². The maximum Gasteiger partial charge on any atom is 0.262 e. The molecule has 0 saturated heterocycles.